The van der Waals surface area contributed by atoms with Crippen molar-refractivity contribution in [2.75, 3.05) is 13.1 Å². The minimum Gasteiger partial charge on any atom is -0.487 e. The summed E-state index contributed by atoms with van der Waals surface area (Å²) in [6.45, 7) is 4.23. The number of hydrogen-bond acceptors (Lipinski definition) is 4. The molecule has 2 aromatic rings. The second-order valence-electron chi connectivity index (χ2n) is 5.58. The molecule has 23 heavy (non-hydrogen) atoms. The van der Waals surface area contributed by atoms with E-state index in [0.29, 0.717) is 6.61 Å². The fourth-order valence-corrected chi connectivity index (χ4v) is 3.11. The lowest BCUT2D eigenvalue weighted by Crippen LogP contribution is -2.25. The molecular weight excluding hydrogens is 308 g/mol. The number of benzene rings is 1. The van der Waals surface area contributed by atoms with E-state index in [-0.39, 0.29) is 5.91 Å². The van der Waals surface area contributed by atoms with E-state index in [2.05, 4.69) is 4.98 Å². The Morgan fingerprint density at radius 2 is 2.04 bits per heavy atom. The van der Waals surface area contributed by atoms with Crippen LogP contribution < -0.4 is 4.74 Å². The summed E-state index contributed by atoms with van der Waals surface area (Å²) in [7, 11) is 0. The highest BCUT2D eigenvalue weighted by atomic mass is 32.1. The van der Waals surface area contributed by atoms with Crippen LogP contribution in [0.4, 0.5) is 0 Å². The average molecular weight is 328 g/mol. The van der Waals surface area contributed by atoms with Gasteiger partial charge in [-0.2, -0.15) is 0 Å². The highest BCUT2D eigenvalue weighted by molar-refractivity contribution is 7.09. The Bertz CT molecular complexity index is 685. The Hall–Kier alpha value is -2.14. The minimum absolute atomic E-state index is 0.0988. The maximum Gasteiger partial charge on any atom is 0.246 e. The summed E-state index contributed by atoms with van der Waals surface area (Å²) in [4.78, 5) is 18.2. The summed E-state index contributed by atoms with van der Waals surface area (Å²) in [5.41, 5.74) is 1.95. The standard InChI is InChI=1S/C18H20N2O2S/c1-14-19-16(13-23-14)12-22-17-7-4-15(5-8-17)6-9-18(21)20-10-2-3-11-20/h4-9,13H,2-3,10-12H2,1H3/b9-6+. The SMILES string of the molecule is Cc1nc(COc2ccc(/C=C/C(=O)N3CCCC3)cc2)cs1. The topological polar surface area (TPSA) is 42.4 Å². The number of carbonyl (C=O) groups is 1. The maximum atomic E-state index is 12.0. The molecule has 1 fully saturated rings. The van der Waals surface area contributed by atoms with Crippen LogP contribution in [0.5, 0.6) is 5.75 Å². The van der Waals surface area contributed by atoms with Gasteiger partial charge in [0.25, 0.3) is 0 Å². The van der Waals surface area contributed by atoms with E-state index < -0.39 is 0 Å². The molecular formula is C18H20N2O2S. The third kappa shape index (κ3) is 4.42. The molecule has 1 aromatic heterocycles. The Labute approximate surface area is 140 Å². The highest BCUT2D eigenvalue weighted by Gasteiger charge is 2.14. The van der Waals surface area contributed by atoms with Crippen molar-refractivity contribution in [1.82, 2.24) is 9.88 Å². The van der Waals surface area contributed by atoms with Crippen molar-refractivity contribution >= 4 is 23.3 Å². The lowest BCUT2D eigenvalue weighted by atomic mass is 10.2. The fraction of sp³-hybridized carbons (Fsp3) is 0.333. The first-order valence-electron chi connectivity index (χ1n) is 7.81. The number of amides is 1. The van der Waals surface area contributed by atoms with Crippen molar-refractivity contribution in [3.8, 4) is 5.75 Å². The van der Waals surface area contributed by atoms with Crippen LogP contribution in [-0.2, 0) is 11.4 Å². The van der Waals surface area contributed by atoms with Crippen LogP contribution in [0.3, 0.4) is 0 Å². The van der Waals surface area contributed by atoms with Gasteiger partial charge < -0.3 is 9.64 Å². The van der Waals surface area contributed by atoms with Gasteiger partial charge in [0.05, 0.1) is 10.7 Å². The van der Waals surface area contributed by atoms with Gasteiger partial charge in [0.15, 0.2) is 0 Å². The molecule has 0 atom stereocenters. The fourth-order valence-electron chi connectivity index (χ4n) is 2.52. The minimum atomic E-state index is 0.0988. The molecule has 3 rings (SSSR count). The third-order valence-corrected chi connectivity index (χ3v) is 4.59. The van der Waals surface area contributed by atoms with Gasteiger partial charge in [-0.15, -0.1) is 11.3 Å². The van der Waals surface area contributed by atoms with Gasteiger partial charge in [-0.3, -0.25) is 4.79 Å². The first-order valence-corrected chi connectivity index (χ1v) is 8.69. The molecule has 0 radical (unpaired) electrons. The van der Waals surface area contributed by atoms with Crippen molar-refractivity contribution in [1.29, 1.82) is 0 Å². The largest absolute Gasteiger partial charge is 0.487 e. The van der Waals surface area contributed by atoms with Crippen LogP contribution in [0.2, 0.25) is 0 Å². The molecule has 1 aliphatic rings. The average Bonchev–Trinajstić information content (AvgIpc) is 3.23. The number of aromatic nitrogens is 1. The summed E-state index contributed by atoms with van der Waals surface area (Å²) in [6, 6.07) is 7.74. The number of likely N-dealkylation sites (tertiary alicyclic amines) is 1. The van der Waals surface area contributed by atoms with E-state index in [1.807, 2.05) is 47.5 Å². The second-order valence-corrected chi connectivity index (χ2v) is 6.64. The van der Waals surface area contributed by atoms with Crippen LogP contribution >= 0.6 is 11.3 Å². The molecule has 4 nitrogen and oxygen atoms in total. The van der Waals surface area contributed by atoms with Crippen molar-refractivity contribution in [3.05, 3.63) is 52.0 Å². The quantitative estimate of drug-likeness (QED) is 0.787. The van der Waals surface area contributed by atoms with E-state index in [0.717, 1.165) is 47.9 Å². The van der Waals surface area contributed by atoms with E-state index in [1.165, 1.54) is 0 Å². The van der Waals surface area contributed by atoms with Crippen LogP contribution in [0.15, 0.2) is 35.7 Å². The lowest BCUT2D eigenvalue weighted by molar-refractivity contribution is -0.124. The predicted molar refractivity (Wildman–Crippen MR) is 92.5 cm³/mol. The predicted octanol–water partition coefficient (Wildman–Crippen LogP) is 3.67. The van der Waals surface area contributed by atoms with E-state index in [9.17, 15) is 4.79 Å². The zero-order valence-electron chi connectivity index (χ0n) is 13.2. The molecule has 0 aliphatic carbocycles. The zero-order valence-corrected chi connectivity index (χ0v) is 14.0. The number of hydrogen-bond donors (Lipinski definition) is 0. The summed E-state index contributed by atoms with van der Waals surface area (Å²) in [6.07, 6.45) is 5.74. The molecule has 0 bridgehead atoms. The number of thiazole rings is 1. The molecule has 1 aromatic carbocycles. The van der Waals surface area contributed by atoms with Gasteiger partial charge in [0.2, 0.25) is 5.91 Å². The first-order chi connectivity index (χ1) is 11.2. The molecule has 1 aliphatic heterocycles. The second kappa shape index (κ2) is 7.42. The van der Waals surface area contributed by atoms with Crippen molar-refractivity contribution in [2.24, 2.45) is 0 Å². The number of ether oxygens (including phenoxy) is 1. The third-order valence-electron chi connectivity index (χ3n) is 3.77. The molecule has 0 N–H and O–H groups in total. The van der Waals surface area contributed by atoms with Crippen molar-refractivity contribution in [2.45, 2.75) is 26.4 Å². The summed E-state index contributed by atoms with van der Waals surface area (Å²) in [5, 5.41) is 3.06. The van der Waals surface area contributed by atoms with Crippen molar-refractivity contribution in [3.63, 3.8) is 0 Å². The van der Waals surface area contributed by atoms with Gasteiger partial charge in [-0.25, -0.2) is 4.98 Å². The van der Waals surface area contributed by atoms with Gasteiger partial charge in [-0.05, 0) is 43.5 Å². The smallest absolute Gasteiger partial charge is 0.246 e. The number of nitrogens with zero attached hydrogens (tertiary/aromatic N) is 2. The van der Waals surface area contributed by atoms with E-state index in [4.69, 9.17) is 4.74 Å². The first kappa shape index (κ1) is 15.7. The summed E-state index contributed by atoms with van der Waals surface area (Å²) < 4.78 is 5.71. The van der Waals surface area contributed by atoms with Crippen LogP contribution in [-0.4, -0.2) is 28.9 Å². The Morgan fingerprint density at radius 1 is 1.30 bits per heavy atom. The molecule has 2 heterocycles. The Balaban J connectivity index is 1.53. The normalized spacial score (nSPS) is 14.6. The van der Waals surface area contributed by atoms with E-state index >= 15 is 0 Å². The highest BCUT2D eigenvalue weighted by Crippen LogP contribution is 2.16. The summed E-state index contributed by atoms with van der Waals surface area (Å²) in [5.74, 6) is 0.903. The molecule has 0 spiro atoms. The number of aryl methyl sites for hydroxylation is 1. The number of carbonyl (C=O) groups excluding carboxylic acids is 1. The monoisotopic (exact) mass is 328 g/mol. The van der Waals surface area contributed by atoms with Crippen LogP contribution in [0.1, 0.15) is 29.1 Å². The van der Waals surface area contributed by atoms with Gasteiger partial charge in [0, 0.05) is 24.5 Å². The molecule has 5 heteroatoms. The van der Waals surface area contributed by atoms with E-state index in [1.54, 1.807) is 17.4 Å². The Kier molecular flexibility index (Phi) is 5.08. The van der Waals surface area contributed by atoms with Gasteiger partial charge >= 0.3 is 0 Å². The molecule has 1 amide bonds. The zero-order chi connectivity index (χ0) is 16.1. The van der Waals surface area contributed by atoms with Gasteiger partial charge in [0.1, 0.15) is 12.4 Å². The van der Waals surface area contributed by atoms with Gasteiger partial charge in [-0.1, -0.05) is 12.1 Å². The molecule has 0 saturated carbocycles. The summed E-state index contributed by atoms with van der Waals surface area (Å²) >= 11 is 1.63. The molecule has 120 valence electrons. The molecule has 0 unspecified atom stereocenters. The molecule has 1 saturated heterocycles. The van der Waals surface area contributed by atoms with Crippen LogP contribution in [0.25, 0.3) is 6.08 Å². The van der Waals surface area contributed by atoms with Crippen molar-refractivity contribution < 1.29 is 9.53 Å². The van der Waals surface area contributed by atoms with Crippen LogP contribution in [0, 0.1) is 6.92 Å². The lowest BCUT2D eigenvalue weighted by Gasteiger charge is -2.11. The number of rotatable bonds is 5. The Morgan fingerprint density at radius 3 is 2.70 bits per heavy atom. The maximum absolute atomic E-state index is 12.0.